The lowest BCUT2D eigenvalue weighted by atomic mass is 10.2. The molecule has 1 fully saturated rings. The molecule has 0 aromatic carbocycles. The number of pyridine rings is 1. The minimum atomic E-state index is -3.30. The average Bonchev–Trinajstić information content (AvgIpc) is 3.15. The fourth-order valence-corrected chi connectivity index (χ4v) is 3.77. The first-order chi connectivity index (χ1) is 11.9. The number of nitrogens with zero attached hydrogens (tertiary/aromatic N) is 4. The normalized spacial score (nSPS) is 21.5. The first-order valence-corrected chi connectivity index (χ1v) is 9.97. The maximum absolute atomic E-state index is 11.3. The van der Waals surface area contributed by atoms with E-state index in [1.165, 1.54) is 11.8 Å². The molecular formula is C16H23N5O3S. The molecule has 0 spiro atoms. The van der Waals surface area contributed by atoms with E-state index < -0.39 is 10.0 Å². The molecule has 8 nitrogen and oxygen atoms in total. The molecule has 0 amide bonds. The highest BCUT2D eigenvalue weighted by molar-refractivity contribution is 7.92. The highest BCUT2D eigenvalue weighted by Gasteiger charge is 2.33. The summed E-state index contributed by atoms with van der Waals surface area (Å²) < 4.78 is 32.4. The quantitative estimate of drug-likeness (QED) is 0.791. The predicted octanol–water partition coefficient (Wildman–Crippen LogP) is 1.11. The average molecular weight is 365 g/mol. The van der Waals surface area contributed by atoms with E-state index in [0.717, 1.165) is 25.8 Å². The van der Waals surface area contributed by atoms with E-state index in [0.29, 0.717) is 18.3 Å². The van der Waals surface area contributed by atoms with Gasteiger partial charge in [0, 0.05) is 44.8 Å². The molecule has 136 valence electrons. The van der Waals surface area contributed by atoms with Crippen LogP contribution in [-0.4, -0.2) is 60.6 Å². The van der Waals surface area contributed by atoms with Gasteiger partial charge in [-0.05, 0) is 24.1 Å². The van der Waals surface area contributed by atoms with Crippen LogP contribution in [0.25, 0.3) is 0 Å². The third kappa shape index (κ3) is 4.77. The second kappa shape index (κ2) is 7.51. The van der Waals surface area contributed by atoms with Crippen molar-refractivity contribution in [2.24, 2.45) is 0 Å². The summed E-state index contributed by atoms with van der Waals surface area (Å²) in [7, 11) is -1.59. The van der Waals surface area contributed by atoms with Gasteiger partial charge in [0.1, 0.15) is 0 Å². The molecule has 0 saturated carbocycles. The van der Waals surface area contributed by atoms with E-state index in [4.69, 9.17) is 4.74 Å². The highest BCUT2D eigenvalue weighted by atomic mass is 32.2. The second-order valence-electron chi connectivity index (χ2n) is 6.37. The maximum atomic E-state index is 11.3. The number of aromatic nitrogens is 3. The van der Waals surface area contributed by atoms with Crippen LogP contribution in [0.15, 0.2) is 36.9 Å². The van der Waals surface area contributed by atoms with E-state index in [1.54, 1.807) is 25.7 Å². The third-order valence-electron chi connectivity index (χ3n) is 4.28. The van der Waals surface area contributed by atoms with Crippen LogP contribution in [-0.2, 0) is 21.3 Å². The van der Waals surface area contributed by atoms with Crippen molar-refractivity contribution in [3.63, 3.8) is 0 Å². The molecule has 3 rings (SSSR count). The lowest BCUT2D eigenvalue weighted by molar-refractivity contribution is 0.112. The van der Waals surface area contributed by atoms with Crippen LogP contribution in [0.5, 0.6) is 0 Å². The van der Waals surface area contributed by atoms with Crippen LogP contribution in [0.1, 0.15) is 18.0 Å². The molecule has 1 saturated heterocycles. The van der Waals surface area contributed by atoms with Crippen molar-refractivity contribution in [1.29, 1.82) is 0 Å². The monoisotopic (exact) mass is 365 g/mol. The van der Waals surface area contributed by atoms with E-state index in [9.17, 15) is 8.42 Å². The Bertz CT molecular complexity index is 793. The molecule has 2 aromatic rings. The van der Waals surface area contributed by atoms with Crippen LogP contribution in [0.4, 0.5) is 5.69 Å². The van der Waals surface area contributed by atoms with Crippen molar-refractivity contribution >= 4 is 15.7 Å². The molecule has 9 heteroatoms. The zero-order valence-electron chi connectivity index (χ0n) is 14.4. The lowest BCUT2D eigenvalue weighted by Crippen LogP contribution is -2.32. The summed E-state index contributed by atoms with van der Waals surface area (Å²) in [5, 5.41) is 4.33. The van der Waals surface area contributed by atoms with Crippen LogP contribution in [0, 0.1) is 0 Å². The zero-order chi connectivity index (χ0) is 17.9. The Balaban J connectivity index is 1.71. The summed E-state index contributed by atoms with van der Waals surface area (Å²) in [5.74, 6) is 0. The number of nitrogens with one attached hydrogen (secondary N) is 1. The van der Waals surface area contributed by atoms with Gasteiger partial charge in [-0.3, -0.25) is 19.3 Å². The minimum Gasteiger partial charge on any atom is -0.383 e. The van der Waals surface area contributed by atoms with Gasteiger partial charge in [-0.2, -0.15) is 5.10 Å². The van der Waals surface area contributed by atoms with Gasteiger partial charge < -0.3 is 4.74 Å². The van der Waals surface area contributed by atoms with Crippen molar-refractivity contribution in [2.45, 2.75) is 25.0 Å². The van der Waals surface area contributed by atoms with Crippen LogP contribution < -0.4 is 4.72 Å². The highest BCUT2D eigenvalue weighted by Crippen LogP contribution is 2.29. The molecule has 1 aliphatic heterocycles. The van der Waals surface area contributed by atoms with Gasteiger partial charge in [-0.15, -0.1) is 0 Å². The summed E-state index contributed by atoms with van der Waals surface area (Å²) in [6, 6.07) is 4.49. The SMILES string of the molecule is COC[C@@H]1C[C@H](n2cc(NS(C)(=O)=O)cn2)CN1Cc1ccncc1. The van der Waals surface area contributed by atoms with Crippen molar-refractivity contribution in [1.82, 2.24) is 19.7 Å². The Hall–Kier alpha value is -1.97. The standard InChI is InChI=1S/C16H23N5O3S/c1-24-12-16-7-15(11-20(16)9-13-3-5-17-6-4-13)21-10-14(8-18-21)19-25(2,22)23/h3-6,8,10,15-16,19H,7,9,11-12H2,1-2H3/t15-,16-/m0/s1. The maximum Gasteiger partial charge on any atom is 0.229 e. The Labute approximate surface area is 147 Å². The smallest absolute Gasteiger partial charge is 0.229 e. The predicted molar refractivity (Wildman–Crippen MR) is 94.7 cm³/mol. The summed E-state index contributed by atoms with van der Waals surface area (Å²) >= 11 is 0. The molecule has 0 unspecified atom stereocenters. The molecule has 3 heterocycles. The minimum absolute atomic E-state index is 0.178. The summed E-state index contributed by atoms with van der Waals surface area (Å²) in [6.45, 7) is 2.30. The summed E-state index contributed by atoms with van der Waals surface area (Å²) in [4.78, 5) is 6.43. The van der Waals surface area contributed by atoms with Gasteiger partial charge in [-0.25, -0.2) is 8.42 Å². The van der Waals surface area contributed by atoms with Crippen LogP contribution in [0.3, 0.4) is 0 Å². The van der Waals surface area contributed by atoms with Gasteiger partial charge in [0.15, 0.2) is 0 Å². The van der Waals surface area contributed by atoms with E-state index in [-0.39, 0.29) is 6.04 Å². The third-order valence-corrected chi connectivity index (χ3v) is 4.89. The molecule has 0 radical (unpaired) electrons. The summed E-state index contributed by atoms with van der Waals surface area (Å²) in [5.41, 5.74) is 1.69. The Morgan fingerprint density at radius 2 is 2.12 bits per heavy atom. The van der Waals surface area contributed by atoms with Crippen molar-refractivity contribution in [3.8, 4) is 0 Å². The number of anilines is 1. The van der Waals surface area contributed by atoms with Gasteiger partial charge in [0.25, 0.3) is 0 Å². The number of likely N-dealkylation sites (tertiary alicyclic amines) is 1. The number of hydrogen-bond donors (Lipinski definition) is 1. The summed E-state index contributed by atoms with van der Waals surface area (Å²) in [6.07, 6.45) is 8.91. The fraction of sp³-hybridized carbons (Fsp3) is 0.500. The Morgan fingerprint density at radius 3 is 2.80 bits per heavy atom. The van der Waals surface area contributed by atoms with E-state index in [2.05, 4.69) is 19.7 Å². The van der Waals surface area contributed by atoms with Gasteiger partial charge in [0.05, 0.1) is 30.8 Å². The topological polar surface area (TPSA) is 89.3 Å². The number of methoxy groups -OCH3 is 1. The second-order valence-corrected chi connectivity index (χ2v) is 8.12. The fourth-order valence-electron chi connectivity index (χ4n) is 3.24. The first kappa shape index (κ1) is 17.8. The zero-order valence-corrected chi connectivity index (χ0v) is 15.2. The number of hydrogen-bond acceptors (Lipinski definition) is 6. The van der Waals surface area contributed by atoms with Gasteiger partial charge in [-0.1, -0.05) is 0 Å². The first-order valence-electron chi connectivity index (χ1n) is 8.08. The molecule has 25 heavy (non-hydrogen) atoms. The van der Waals surface area contributed by atoms with Crippen LogP contribution in [0.2, 0.25) is 0 Å². The van der Waals surface area contributed by atoms with E-state index >= 15 is 0 Å². The molecular weight excluding hydrogens is 342 g/mol. The van der Waals surface area contributed by atoms with Crippen LogP contribution >= 0.6 is 0 Å². The van der Waals surface area contributed by atoms with Gasteiger partial charge >= 0.3 is 0 Å². The molecule has 1 N–H and O–H groups in total. The van der Waals surface area contributed by atoms with Crippen molar-refractivity contribution < 1.29 is 13.2 Å². The molecule has 0 bridgehead atoms. The molecule has 0 aliphatic carbocycles. The number of sulfonamides is 1. The Kier molecular flexibility index (Phi) is 5.36. The Morgan fingerprint density at radius 1 is 1.36 bits per heavy atom. The molecule has 2 aromatic heterocycles. The largest absolute Gasteiger partial charge is 0.383 e. The number of rotatable bonds is 7. The molecule has 1 aliphatic rings. The van der Waals surface area contributed by atoms with E-state index in [1.807, 2.05) is 16.8 Å². The van der Waals surface area contributed by atoms with Gasteiger partial charge in [0.2, 0.25) is 10.0 Å². The van der Waals surface area contributed by atoms with Crippen molar-refractivity contribution in [3.05, 3.63) is 42.5 Å². The lowest BCUT2D eigenvalue weighted by Gasteiger charge is -2.23. The molecule has 2 atom stereocenters. The van der Waals surface area contributed by atoms with Crippen molar-refractivity contribution in [2.75, 3.05) is 31.2 Å². The number of ether oxygens (including phenoxy) is 1.